The van der Waals surface area contributed by atoms with Crippen molar-refractivity contribution < 1.29 is 4.79 Å². The zero-order valence-corrected chi connectivity index (χ0v) is 12.2. The van der Waals surface area contributed by atoms with Gasteiger partial charge in [-0.15, -0.1) is 0 Å². The third-order valence-electron chi connectivity index (χ3n) is 3.66. The molecule has 20 heavy (non-hydrogen) atoms. The number of nitrogens with two attached hydrogens (primary N) is 1. The summed E-state index contributed by atoms with van der Waals surface area (Å²) in [6.07, 6.45) is 4.06. The number of nitrogens with zero attached hydrogens (tertiary/aromatic N) is 3. The molecule has 2 heterocycles. The second kappa shape index (κ2) is 6.78. The lowest BCUT2D eigenvalue weighted by Gasteiger charge is -2.26. The summed E-state index contributed by atoms with van der Waals surface area (Å²) in [6.45, 7) is 3.03. The Labute approximate surface area is 119 Å². The van der Waals surface area contributed by atoms with Gasteiger partial charge in [-0.25, -0.2) is 5.84 Å². The lowest BCUT2D eigenvalue weighted by Crippen LogP contribution is -2.37. The maximum absolute atomic E-state index is 11.4. The molecule has 0 radical (unpaired) electrons. The van der Waals surface area contributed by atoms with Crippen molar-refractivity contribution in [2.45, 2.75) is 25.4 Å². The SMILES string of the molecule is CN(C)CC1CCCN1Cc1ccc(C(=O)NN)cn1. The number of nitrogen functional groups attached to an aromatic ring is 1. The number of nitrogens with one attached hydrogen (secondary N) is 1. The van der Waals surface area contributed by atoms with Crippen molar-refractivity contribution in [3.8, 4) is 0 Å². The van der Waals surface area contributed by atoms with Crippen LogP contribution in [-0.2, 0) is 6.54 Å². The van der Waals surface area contributed by atoms with Crippen molar-refractivity contribution in [1.82, 2.24) is 20.2 Å². The molecule has 6 heteroatoms. The van der Waals surface area contributed by atoms with Crippen LogP contribution in [0.1, 0.15) is 28.9 Å². The van der Waals surface area contributed by atoms with E-state index in [1.54, 1.807) is 12.3 Å². The van der Waals surface area contributed by atoms with Crippen molar-refractivity contribution in [2.75, 3.05) is 27.2 Å². The molecule has 1 aliphatic rings. The molecule has 1 aromatic heterocycles. The van der Waals surface area contributed by atoms with Crippen LogP contribution >= 0.6 is 0 Å². The van der Waals surface area contributed by atoms with Crippen LogP contribution in [0.2, 0.25) is 0 Å². The Morgan fingerprint density at radius 2 is 2.35 bits per heavy atom. The first-order valence-electron chi connectivity index (χ1n) is 6.95. The van der Waals surface area contributed by atoms with Crippen LogP contribution in [0.25, 0.3) is 0 Å². The van der Waals surface area contributed by atoms with Crippen molar-refractivity contribution >= 4 is 5.91 Å². The van der Waals surface area contributed by atoms with E-state index in [1.165, 1.54) is 12.8 Å². The first-order chi connectivity index (χ1) is 9.60. The van der Waals surface area contributed by atoms with E-state index in [0.717, 1.165) is 25.3 Å². The summed E-state index contributed by atoms with van der Waals surface area (Å²) in [5, 5.41) is 0. The van der Waals surface area contributed by atoms with E-state index in [1.807, 2.05) is 6.07 Å². The highest BCUT2D eigenvalue weighted by molar-refractivity contribution is 5.93. The maximum Gasteiger partial charge on any atom is 0.266 e. The summed E-state index contributed by atoms with van der Waals surface area (Å²) in [5.74, 6) is 4.79. The standard InChI is InChI=1S/C14H23N5O/c1-18(2)10-13-4-3-7-19(13)9-12-6-5-11(8-16-12)14(20)17-15/h5-6,8,13H,3-4,7,9-10,15H2,1-2H3,(H,17,20). The molecule has 1 unspecified atom stereocenters. The number of pyridine rings is 1. The lowest BCUT2D eigenvalue weighted by atomic mass is 10.2. The monoisotopic (exact) mass is 277 g/mol. The van der Waals surface area contributed by atoms with Crippen LogP contribution in [-0.4, -0.2) is 53.9 Å². The summed E-state index contributed by atoms with van der Waals surface area (Å²) in [7, 11) is 4.21. The molecule has 0 aromatic carbocycles. The third kappa shape index (κ3) is 3.75. The first kappa shape index (κ1) is 14.9. The summed E-state index contributed by atoms with van der Waals surface area (Å²) < 4.78 is 0. The fraction of sp³-hybridized carbons (Fsp3) is 0.571. The molecule has 1 aromatic rings. The number of hydrogen-bond donors (Lipinski definition) is 2. The Kier molecular flexibility index (Phi) is 5.05. The smallest absolute Gasteiger partial charge is 0.266 e. The van der Waals surface area contributed by atoms with Gasteiger partial charge in [-0.05, 0) is 45.6 Å². The molecule has 2 rings (SSSR count). The average Bonchev–Trinajstić information content (AvgIpc) is 2.85. The van der Waals surface area contributed by atoms with Crippen LogP contribution in [0.4, 0.5) is 0 Å². The molecule has 1 fully saturated rings. The number of hydrogen-bond acceptors (Lipinski definition) is 5. The van der Waals surface area contributed by atoms with E-state index in [0.29, 0.717) is 11.6 Å². The van der Waals surface area contributed by atoms with Gasteiger partial charge in [0.2, 0.25) is 0 Å². The fourth-order valence-corrected chi connectivity index (χ4v) is 2.68. The number of amides is 1. The van der Waals surface area contributed by atoms with E-state index in [-0.39, 0.29) is 5.91 Å². The molecule has 3 N–H and O–H groups in total. The van der Waals surface area contributed by atoms with Crippen LogP contribution in [0.15, 0.2) is 18.3 Å². The molecule has 0 saturated carbocycles. The second-order valence-corrected chi connectivity index (χ2v) is 5.54. The summed E-state index contributed by atoms with van der Waals surface area (Å²) in [5.41, 5.74) is 3.59. The van der Waals surface area contributed by atoms with E-state index in [9.17, 15) is 4.79 Å². The van der Waals surface area contributed by atoms with Gasteiger partial charge in [0.25, 0.3) is 5.91 Å². The zero-order chi connectivity index (χ0) is 14.5. The van der Waals surface area contributed by atoms with Gasteiger partial charge in [0, 0.05) is 25.3 Å². The normalized spacial score (nSPS) is 19.5. The van der Waals surface area contributed by atoms with Gasteiger partial charge in [0.05, 0.1) is 11.3 Å². The van der Waals surface area contributed by atoms with Crippen LogP contribution < -0.4 is 11.3 Å². The highest BCUT2D eigenvalue weighted by atomic mass is 16.2. The number of rotatable bonds is 5. The van der Waals surface area contributed by atoms with E-state index < -0.39 is 0 Å². The quantitative estimate of drug-likeness (QED) is 0.457. The molecular formula is C14H23N5O. The molecule has 110 valence electrons. The topological polar surface area (TPSA) is 74.5 Å². The number of carbonyl (C=O) groups excluding carboxylic acids is 1. The van der Waals surface area contributed by atoms with Crippen LogP contribution in [0, 0.1) is 0 Å². The van der Waals surface area contributed by atoms with Crippen LogP contribution in [0.5, 0.6) is 0 Å². The Bertz CT molecular complexity index is 445. The minimum absolute atomic E-state index is 0.310. The Balaban J connectivity index is 1.97. The molecule has 6 nitrogen and oxygen atoms in total. The summed E-state index contributed by atoms with van der Waals surface area (Å²) in [6, 6.07) is 4.26. The number of likely N-dealkylation sites (tertiary alicyclic amines) is 1. The van der Waals surface area contributed by atoms with Gasteiger partial charge >= 0.3 is 0 Å². The van der Waals surface area contributed by atoms with Gasteiger partial charge in [-0.1, -0.05) is 0 Å². The predicted octanol–water partition coefficient (Wildman–Crippen LogP) is 0.211. The zero-order valence-electron chi connectivity index (χ0n) is 12.2. The van der Waals surface area contributed by atoms with Gasteiger partial charge < -0.3 is 4.90 Å². The lowest BCUT2D eigenvalue weighted by molar-refractivity contribution is 0.0953. The highest BCUT2D eigenvalue weighted by Gasteiger charge is 2.25. The van der Waals surface area contributed by atoms with Crippen molar-refractivity contribution in [3.05, 3.63) is 29.6 Å². The summed E-state index contributed by atoms with van der Waals surface area (Å²) >= 11 is 0. The molecule has 0 aliphatic carbocycles. The van der Waals surface area contributed by atoms with Crippen molar-refractivity contribution in [2.24, 2.45) is 5.84 Å². The third-order valence-corrected chi connectivity index (χ3v) is 3.66. The number of likely N-dealkylation sites (N-methyl/N-ethyl adjacent to an activating group) is 1. The van der Waals surface area contributed by atoms with Gasteiger partial charge in [0.15, 0.2) is 0 Å². The highest BCUT2D eigenvalue weighted by Crippen LogP contribution is 2.19. The average molecular weight is 277 g/mol. The molecule has 1 saturated heterocycles. The molecular weight excluding hydrogens is 254 g/mol. The molecule has 0 bridgehead atoms. The first-order valence-corrected chi connectivity index (χ1v) is 6.95. The van der Waals surface area contributed by atoms with Gasteiger partial charge in [-0.2, -0.15) is 0 Å². The minimum atomic E-state index is -0.310. The Hall–Kier alpha value is -1.50. The van der Waals surface area contributed by atoms with E-state index >= 15 is 0 Å². The second-order valence-electron chi connectivity index (χ2n) is 5.54. The molecule has 1 aliphatic heterocycles. The minimum Gasteiger partial charge on any atom is -0.308 e. The fourth-order valence-electron chi connectivity index (χ4n) is 2.68. The molecule has 1 atom stereocenters. The number of carbonyl (C=O) groups is 1. The maximum atomic E-state index is 11.4. The van der Waals surface area contributed by atoms with Gasteiger partial charge in [0.1, 0.15) is 0 Å². The Morgan fingerprint density at radius 3 is 2.95 bits per heavy atom. The molecule has 1 amide bonds. The Morgan fingerprint density at radius 1 is 1.55 bits per heavy atom. The number of aromatic nitrogens is 1. The van der Waals surface area contributed by atoms with E-state index in [2.05, 4.69) is 34.3 Å². The van der Waals surface area contributed by atoms with Crippen LogP contribution in [0.3, 0.4) is 0 Å². The van der Waals surface area contributed by atoms with Crippen molar-refractivity contribution in [1.29, 1.82) is 0 Å². The van der Waals surface area contributed by atoms with Gasteiger partial charge in [-0.3, -0.25) is 20.1 Å². The van der Waals surface area contributed by atoms with Crippen molar-refractivity contribution in [3.63, 3.8) is 0 Å². The largest absolute Gasteiger partial charge is 0.308 e. The summed E-state index contributed by atoms with van der Waals surface area (Å²) in [4.78, 5) is 20.4. The molecule has 0 spiro atoms. The van der Waals surface area contributed by atoms with E-state index in [4.69, 9.17) is 5.84 Å². The number of hydrazine groups is 1. The predicted molar refractivity (Wildman–Crippen MR) is 77.9 cm³/mol.